The molecule has 0 aliphatic rings. The van der Waals surface area contributed by atoms with Gasteiger partial charge in [0, 0.05) is 11.1 Å². The third kappa shape index (κ3) is 2.52. The first-order chi connectivity index (χ1) is 8.90. The molecule has 2 rings (SSSR count). The standard InChI is InChI=1S/C15H11F3O/c1-8-3-4-11(9(2)5-8)15(19)10-6-12(16)14(18)13(17)7-10/h3-7H,1-2H3. The van der Waals surface area contributed by atoms with Crippen LogP contribution in [0.15, 0.2) is 30.3 Å². The lowest BCUT2D eigenvalue weighted by atomic mass is 9.97. The normalized spacial score (nSPS) is 10.6. The lowest BCUT2D eigenvalue weighted by Gasteiger charge is -2.07. The van der Waals surface area contributed by atoms with E-state index in [0.29, 0.717) is 23.3 Å². The van der Waals surface area contributed by atoms with Crippen molar-refractivity contribution in [2.75, 3.05) is 0 Å². The number of hydrogen-bond acceptors (Lipinski definition) is 1. The zero-order chi connectivity index (χ0) is 14.2. The summed E-state index contributed by atoms with van der Waals surface area (Å²) in [5, 5.41) is 0. The molecular formula is C15H11F3O. The third-order valence-corrected chi connectivity index (χ3v) is 2.87. The van der Waals surface area contributed by atoms with Crippen LogP contribution >= 0.6 is 0 Å². The summed E-state index contributed by atoms with van der Waals surface area (Å²) in [5.74, 6) is -4.84. The molecular weight excluding hydrogens is 253 g/mol. The zero-order valence-corrected chi connectivity index (χ0v) is 10.4. The summed E-state index contributed by atoms with van der Waals surface area (Å²) < 4.78 is 39.1. The third-order valence-electron chi connectivity index (χ3n) is 2.87. The van der Waals surface area contributed by atoms with Crippen molar-refractivity contribution >= 4 is 5.78 Å². The fourth-order valence-corrected chi connectivity index (χ4v) is 1.91. The minimum atomic E-state index is -1.57. The van der Waals surface area contributed by atoms with Gasteiger partial charge in [0.05, 0.1) is 0 Å². The van der Waals surface area contributed by atoms with Crippen molar-refractivity contribution < 1.29 is 18.0 Å². The molecule has 2 aromatic rings. The van der Waals surface area contributed by atoms with Gasteiger partial charge >= 0.3 is 0 Å². The topological polar surface area (TPSA) is 17.1 Å². The summed E-state index contributed by atoms with van der Waals surface area (Å²) in [6.07, 6.45) is 0. The van der Waals surface area contributed by atoms with Crippen molar-refractivity contribution in [2.45, 2.75) is 13.8 Å². The van der Waals surface area contributed by atoms with Gasteiger partial charge in [0.25, 0.3) is 0 Å². The van der Waals surface area contributed by atoms with Gasteiger partial charge in [0.2, 0.25) is 0 Å². The number of rotatable bonds is 2. The molecule has 0 saturated carbocycles. The van der Waals surface area contributed by atoms with Gasteiger partial charge in [-0.3, -0.25) is 4.79 Å². The largest absolute Gasteiger partial charge is 0.289 e. The van der Waals surface area contributed by atoms with Crippen LogP contribution in [0, 0.1) is 31.3 Å². The minimum absolute atomic E-state index is 0.205. The highest BCUT2D eigenvalue weighted by atomic mass is 19.2. The van der Waals surface area contributed by atoms with Crippen molar-refractivity contribution in [1.82, 2.24) is 0 Å². The summed E-state index contributed by atoms with van der Waals surface area (Å²) in [6, 6.07) is 6.53. The van der Waals surface area contributed by atoms with Crippen LogP contribution in [-0.2, 0) is 0 Å². The maximum Gasteiger partial charge on any atom is 0.194 e. The predicted octanol–water partition coefficient (Wildman–Crippen LogP) is 3.95. The first kappa shape index (κ1) is 13.3. The van der Waals surface area contributed by atoms with Crippen molar-refractivity contribution in [2.24, 2.45) is 0 Å². The van der Waals surface area contributed by atoms with E-state index in [1.807, 2.05) is 6.92 Å². The highest BCUT2D eigenvalue weighted by Gasteiger charge is 2.17. The second-order valence-corrected chi connectivity index (χ2v) is 4.40. The average Bonchev–Trinajstić information content (AvgIpc) is 2.34. The van der Waals surface area contributed by atoms with Gasteiger partial charge in [-0.25, -0.2) is 13.2 Å². The molecule has 0 aliphatic carbocycles. The lowest BCUT2D eigenvalue weighted by molar-refractivity contribution is 0.103. The molecule has 0 amide bonds. The molecule has 2 aromatic carbocycles. The minimum Gasteiger partial charge on any atom is -0.289 e. The molecule has 98 valence electrons. The summed E-state index contributed by atoms with van der Waals surface area (Å²) >= 11 is 0. The monoisotopic (exact) mass is 264 g/mol. The SMILES string of the molecule is Cc1ccc(C(=O)c2cc(F)c(F)c(F)c2)c(C)c1. The van der Waals surface area contributed by atoms with E-state index < -0.39 is 23.2 Å². The highest BCUT2D eigenvalue weighted by molar-refractivity contribution is 6.09. The maximum absolute atomic E-state index is 13.1. The quantitative estimate of drug-likeness (QED) is 0.593. The Morgan fingerprint density at radius 2 is 1.53 bits per heavy atom. The second-order valence-electron chi connectivity index (χ2n) is 4.40. The van der Waals surface area contributed by atoms with Gasteiger partial charge in [-0.05, 0) is 31.5 Å². The van der Waals surface area contributed by atoms with E-state index >= 15 is 0 Å². The van der Waals surface area contributed by atoms with Crippen molar-refractivity contribution in [3.05, 3.63) is 70.0 Å². The van der Waals surface area contributed by atoms with Crippen LogP contribution in [-0.4, -0.2) is 5.78 Å². The Morgan fingerprint density at radius 3 is 2.05 bits per heavy atom. The van der Waals surface area contributed by atoms with Gasteiger partial charge in [0.1, 0.15) is 0 Å². The lowest BCUT2D eigenvalue weighted by Crippen LogP contribution is -2.06. The predicted molar refractivity (Wildman–Crippen MR) is 65.7 cm³/mol. The molecule has 0 radical (unpaired) electrons. The molecule has 0 aromatic heterocycles. The Morgan fingerprint density at radius 1 is 0.947 bits per heavy atom. The van der Waals surface area contributed by atoms with Crippen molar-refractivity contribution in [3.8, 4) is 0 Å². The van der Waals surface area contributed by atoms with Crippen LogP contribution in [0.25, 0.3) is 0 Å². The van der Waals surface area contributed by atoms with E-state index in [1.54, 1.807) is 25.1 Å². The van der Waals surface area contributed by atoms with Crippen molar-refractivity contribution in [3.63, 3.8) is 0 Å². The fraction of sp³-hybridized carbons (Fsp3) is 0.133. The van der Waals surface area contributed by atoms with Crippen LogP contribution in [0.3, 0.4) is 0 Å². The number of hydrogen-bond donors (Lipinski definition) is 0. The van der Waals surface area contributed by atoms with E-state index in [1.165, 1.54) is 0 Å². The molecule has 0 saturated heterocycles. The molecule has 0 bridgehead atoms. The van der Waals surface area contributed by atoms with Crippen LogP contribution in [0.4, 0.5) is 13.2 Å². The Balaban J connectivity index is 2.50. The number of ketones is 1. The Labute approximate surface area is 108 Å². The summed E-state index contributed by atoms with van der Waals surface area (Å²) in [7, 11) is 0. The molecule has 19 heavy (non-hydrogen) atoms. The van der Waals surface area contributed by atoms with Crippen LogP contribution < -0.4 is 0 Å². The Kier molecular flexibility index (Phi) is 3.42. The van der Waals surface area contributed by atoms with Gasteiger partial charge in [-0.15, -0.1) is 0 Å². The molecule has 4 heteroatoms. The molecule has 0 heterocycles. The van der Waals surface area contributed by atoms with E-state index in [9.17, 15) is 18.0 Å². The number of carbonyl (C=O) groups is 1. The number of carbonyl (C=O) groups excluding carboxylic acids is 1. The van der Waals surface area contributed by atoms with Crippen LogP contribution in [0.2, 0.25) is 0 Å². The smallest absolute Gasteiger partial charge is 0.194 e. The van der Waals surface area contributed by atoms with Gasteiger partial charge in [-0.2, -0.15) is 0 Å². The summed E-state index contributed by atoms with van der Waals surface area (Å²) in [6.45, 7) is 3.61. The van der Waals surface area contributed by atoms with Gasteiger partial charge in [-0.1, -0.05) is 23.8 Å². The Bertz CT molecular complexity index is 639. The molecule has 0 unspecified atom stereocenters. The van der Waals surface area contributed by atoms with E-state index in [4.69, 9.17) is 0 Å². The first-order valence-electron chi connectivity index (χ1n) is 5.66. The molecule has 1 nitrogen and oxygen atoms in total. The summed E-state index contributed by atoms with van der Waals surface area (Å²) in [5.41, 5.74) is 1.82. The van der Waals surface area contributed by atoms with E-state index in [-0.39, 0.29) is 5.56 Å². The van der Waals surface area contributed by atoms with Crippen LogP contribution in [0.1, 0.15) is 27.0 Å². The van der Waals surface area contributed by atoms with Gasteiger partial charge < -0.3 is 0 Å². The molecule has 0 fully saturated rings. The van der Waals surface area contributed by atoms with E-state index in [0.717, 1.165) is 5.56 Å². The molecule has 0 N–H and O–H groups in total. The molecule has 0 atom stereocenters. The van der Waals surface area contributed by atoms with Crippen LogP contribution in [0.5, 0.6) is 0 Å². The van der Waals surface area contributed by atoms with E-state index in [2.05, 4.69) is 0 Å². The number of benzene rings is 2. The highest BCUT2D eigenvalue weighted by Crippen LogP contribution is 2.19. The first-order valence-corrected chi connectivity index (χ1v) is 5.66. The average molecular weight is 264 g/mol. The number of halogens is 3. The number of aryl methyl sites for hydroxylation is 2. The maximum atomic E-state index is 13.1. The summed E-state index contributed by atoms with van der Waals surface area (Å²) in [4.78, 5) is 12.1. The van der Waals surface area contributed by atoms with Crippen molar-refractivity contribution in [1.29, 1.82) is 0 Å². The Hall–Kier alpha value is -2.10. The second kappa shape index (κ2) is 4.88. The molecule has 0 aliphatic heterocycles. The zero-order valence-electron chi connectivity index (χ0n) is 10.4. The van der Waals surface area contributed by atoms with Gasteiger partial charge in [0.15, 0.2) is 23.2 Å². The molecule has 0 spiro atoms. The fourth-order valence-electron chi connectivity index (χ4n) is 1.91.